The van der Waals surface area contributed by atoms with Gasteiger partial charge in [0.2, 0.25) is 0 Å². The Balaban J connectivity index is 2.14. The normalized spacial score (nSPS) is 22.6. The summed E-state index contributed by atoms with van der Waals surface area (Å²) in [6.07, 6.45) is 3.34. The maximum Gasteiger partial charge on any atom is 0.254 e. The highest BCUT2D eigenvalue weighted by atomic mass is 19.2. The number of nitrogens with one attached hydrogen (secondary N) is 1. The van der Waals surface area contributed by atoms with E-state index in [0.29, 0.717) is 6.42 Å². The zero-order valence-electron chi connectivity index (χ0n) is 10.8. The Bertz CT molecular complexity index is 507. The molecule has 1 aromatic rings. The molecule has 1 fully saturated rings. The number of aliphatic hydroxyl groups excluding tert-OH is 1. The minimum Gasteiger partial charge on any atom is -0.396 e. The van der Waals surface area contributed by atoms with E-state index in [2.05, 4.69) is 5.32 Å². The molecule has 1 aliphatic carbocycles. The van der Waals surface area contributed by atoms with Crippen LogP contribution in [0.15, 0.2) is 12.1 Å². The van der Waals surface area contributed by atoms with Crippen LogP contribution in [-0.4, -0.2) is 23.7 Å². The Morgan fingerprint density at radius 3 is 2.60 bits per heavy atom. The van der Waals surface area contributed by atoms with Crippen molar-refractivity contribution in [1.82, 2.24) is 5.32 Å². The second-order valence-electron chi connectivity index (χ2n) is 5.03. The van der Waals surface area contributed by atoms with Crippen LogP contribution in [0.4, 0.5) is 13.2 Å². The Morgan fingerprint density at radius 1 is 1.20 bits per heavy atom. The molecular formula is C14H16F3NO2. The van der Waals surface area contributed by atoms with E-state index in [1.807, 2.05) is 0 Å². The maximum absolute atomic E-state index is 13.5. The van der Waals surface area contributed by atoms with Gasteiger partial charge in [-0.1, -0.05) is 12.8 Å². The van der Waals surface area contributed by atoms with Crippen LogP contribution in [0.25, 0.3) is 0 Å². The second kappa shape index (κ2) is 6.26. The van der Waals surface area contributed by atoms with Crippen molar-refractivity contribution >= 4 is 5.91 Å². The molecule has 0 heterocycles. The van der Waals surface area contributed by atoms with Gasteiger partial charge in [-0.05, 0) is 25.0 Å². The van der Waals surface area contributed by atoms with Crippen LogP contribution in [0, 0.1) is 23.4 Å². The molecule has 2 atom stereocenters. The van der Waals surface area contributed by atoms with Gasteiger partial charge in [-0.15, -0.1) is 0 Å². The van der Waals surface area contributed by atoms with Crippen molar-refractivity contribution < 1.29 is 23.1 Å². The third-order valence-corrected chi connectivity index (χ3v) is 3.74. The number of benzene rings is 1. The van der Waals surface area contributed by atoms with Gasteiger partial charge in [0.25, 0.3) is 5.91 Å². The quantitative estimate of drug-likeness (QED) is 0.839. The second-order valence-corrected chi connectivity index (χ2v) is 5.03. The predicted octanol–water partition coefficient (Wildman–Crippen LogP) is 2.38. The summed E-state index contributed by atoms with van der Waals surface area (Å²) >= 11 is 0. The molecule has 2 rings (SSSR count). The fourth-order valence-corrected chi connectivity index (χ4v) is 2.56. The van der Waals surface area contributed by atoms with Crippen molar-refractivity contribution in [3.05, 3.63) is 35.1 Å². The molecule has 0 aromatic heterocycles. The van der Waals surface area contributed by atoms with Gasteiger partial charge >= 0.3 is 0 Å². The van der Waals surface area contributed by atoms with Gasteiger partial charge in [0.15, 0.2) is 17.5 Å². The smallest absolute Gasteiger partial charge is 0.254 e. The number of hydrogen-bond donors (Lipinski definition) is 2. The molecule has 1 aliphatic rings. The Labute approximate surface area is 114 Å². The van der Waals surface area contributed by atoms with Crippen LogP contribution < -0.4 is 5.32 Å². The van der Waals surface area contributed by atoms with Gasteiger partial charge in [0, 0.05) is 18.6 Å². The molecule has 1 amide bonds. The molecule has 0 saturated heterocycles. The van der Waals surface area contributed by atoms with Gasteiger partial charge < -0.3 is 10.4 Å². The third kappa shape index (κ3) is 2.95. The fourth-order valence-electron chi connectivity index (χ4n) is 2.56. The first-order valence-corrected chi connectivity index (χ1v) is 6.59. The first-order chi connectivity index (χ1) is 9.54. The van der Waals surface area contributed by atoms with Crippen LogP contribution in [0.3, 0.4) is 0 Å². The highest BCUT2D eigenvalue weighted by Crippen LogP contribution is 2.24. The van der Waals surface area contributed by atoms with E-state index in [-0.39, 0.29) is 18.6 Å². The molecule has 20 heavy (non-hydrogen) atoms. The minimum absolute atomic E-state index is 0.0643. The van der Waals surface area contributed by atoms with Crippen molar-refractivity contribution in [2.45, 2.75) is 31.7 Å². The van der Waals surface area contributed by atoms with Crippen molar-refractivity contribution in [2.24, 2.45) is 5.92 Å². The summed E-state index contributed by atoms with van der Waals surface area (Å²) < 4.78 is 39.4. The number of carbonyl (C=O) groups excluding carboxylic acids is 1. The number of hydrogen-bond acceptors (Lipinski definition) is 2. The molecule has 2 unspecified atom stereocenters. The summed E-state index contributed by atoms with van der Waals surface area (Å²) in [7, 11) is 0. The number of rotatable bonds is 3. The third-order valence-electron chi connectivity index (χ3n) is 3.74. The summed E-state index contributed by atoms with van der Waals surface area (Å²) in [5, 5.41) is 11.8. The Kier molecular flexibility index (Phi) is 4.65. The van der Waals surface area contributed by atoms with Crippen LogP contribution >= 0.6 is 0 Å². The van der Waals surface area contributed by atoms with Crippen molar-refractivity contribution in [1.29, 1.82) is 0 Å². The summed E-state index contributed by atoms with van der Waals surface area (Å²) in [6, 6.07) is 1.37. The van der Waals surface area contributed by atoms with E-state index in [1.54, 1.807) is 0 Å². The van der Waals surface area contributed by atoms with Crippen molar-refractivity contribution in [3.8, 4) is 0 Å². The molecule has 1 aromatic carbocycles. The average molecular weight is 287 g/mol. The van der Waals surface area contributed by atoms with E-state index in [9.17, 15) is 23.1 Å². The predicted molar refractivity (Wildman–Crippen MR) is 66.6 cm³/mol. The molecule has 0 aliphatic heterocycles. The van der Waals surface area contributed by atoms with Crippen molar-refractivity contribution in [3.63, 3.8) is 0 Å². The van der Waals surface area contributed by atoms with E-state index in [0.717, 1.165) is 31.4 Å². The lowest BCUT2D eigenvalue weighted by Crippen LogP contribution is -2.43. The van der Waals surface area contributed by atoms with Crippen LogP contribution in [-0.2, 0) is 0 Å². The summed E-state index contributed by atoms with van der Waals surface area (Å²) in [5.74, 6) is -5.34. The Hall–Kier alpha value is -1.56. The van der Waals surface area contributed by atoms with E-state index >= 15 is 0 Å². The summed E-state index contributed by atoms with van der Waals surface area (Å²) in [6.45, 7) is -0.0643. The van der Waals surface area contributed by atoms with E-state index in [1.165, 1.54) is 0 Å². The zero-order valence-corrected chi connectivity index (χ0v) is 10.8. The standard InChI is InChI=1S/C14H16F3NO2/c15-10-6-5-9(12(16)13(10)17)14(20)18-11-4-2-1-3-8(11)7-19/h5-6,8,11,19H,1-4,7H2,(H,18,20). The zero-order chi connectivity index (χ0) is 14.7. The van der Waals surface area contributed by atoms with Gasteiger partial charge in [-0.2, -0.15) is 0 Å². The van der Waals surface area contributed by atoms with Gasteiger partial charge in [0.1, 0.15) is 0 Å². The monoisotopic (exact) mass is 287 g/mol. The number of halogens is 3. The fraction of sp³-hybridized carbons (Fsp3) is 0.500. The molecule has 110 valence electrons. The molecular weight excluding hydrogens is 271 g/mol. The summed E-state index contributed by atoms with van der Waals surface area (Å²) in [4.78, 5) is 11.9. The van der Waals surface area contributed by atoms with E-state index in [4.69, 9.17) is 0 Å². The SMILES string of the molecule is O=C(NC1CCCCC1CO)c1ccc(F)c(F)c1F. The average Bonchev–Trinajstić information content (AvgIpc) is 2.45. The van der Waals surface area contributed by atoms with Crippen LogP contribution in [0.2, 0.25) is 0 Å². The lowest BCUT2D eigenvalue weighted by atomic mass is 9.85. The number of amides is 1. The molecule has 3 nitrogen and oxygen atoms in total. The summed E-state index contributed by atoms with van der Waals surface area (Å²) in [5.41, 5.74) is -0.522. The Morgan fingerprint density at radius 2 is 1.90 bits per heavy atom. The molecule has 0 spiro atoms. The topological polar surface area (TPSA) is 49.3 Å². The highest BCUT2D eigenvalue weighted by molar-refractivity contribution is 5.94. The van der Waals surface area contributed by atoms with Gasteiger partial charge in [-0.3, -0.25) is 4.79 Å². The number of carbonyl (C=O) groups is 1. The molecule has 2 N–H and O–H groups in total. The first kappa shape index (κ1) is 14.8. The van der Waals surface area contributed by atoms with Crippen LogP contribution in [0.1, 0.15) is 36.0 Å². The van der Waals surface area contributed by atoms with E-state index < -0.39 is 28.9 Å². The van der Waals surface area contributed by atoms with Crippen LogP contribution in [0.5, 0.6) is 0 Å². The highest BCUT2D eigenvalue weighted by Gasteiger charge is 2.27. The lowest BCUT2D eigenvalue weighted by Gasteiger charge is -2.30. The molecule has 0 bridgehead atoms. The minimum atomic E-state index is -1.65. The van der Waals surface area contributed by atoms with Gasteiger partial charge in [-0.25, -0.2) is 13.2 Å². The van der Waals surface area contributed by atoms with Gasteiger partial charge in [0.05, 0.1) is 5.56 Å². The molecule has 0 radical (unpaired) electrons. The first-order valence-electron chi connectivity index (χ1n) is 6.59. The lowest BCUT2D eigenvalue weighted by molar-refractivity contribution is 0.0867. The maximum atomic E-state index is 13.5. The molecule has 6 heteroatoms. The van der Waals surface area contributed by atoms with Crippen molar-refractivity contribution in [2.75, 3.05) is 6.61 Å². The molecule has 1 saturated carbocycles. The largest absolute Gasteiger partial charge is 0.396 e. The number of aliphatic hydroxyl groups is 1.